The summed E-state index contributed by atoms with van der Waals surface area (Å²) in [7, 11) is 2.47. The molecule has 0 aromatic heterocycles. The minimum atomic E-state index is -1.29. The Labute approximate surface area is 86.2 Å². The normalized spacial score (nSPS) is 30.3. The fourth-order valence-electron chi connectivity index (χ4n) is 1.60. The van der Waals surface area contributed by atoms with Gasteiger partial charge in [-0.1, -0.05) is 0 Å². The van der Waals surface area contributed by atoms with Crippen LogP contribution in [0.15, 0.2) is 0 Å². The van der Waals surface area contributed by atoms with E-state index in [-0.39, 0.29) is 6.54 Å². The number of aliphatic hydroxyl groups excluding tert-OH is 1. The first-order valence-corrected chi connectivity index (χ1v) is 4.31. The lowest BCUT2D eigenvalue weighted by atomic mass is 10.1. The number of rotatable bonds is 2. The Bertz CT molecular complexity index is 268. The number of methoxy groups -OCH3 is 2. The summed E-state index contributed by atoms with van der Waals surface area (Å²) in [4.78, 5) is 22.9. The summed E-state index contributed by atoms with van der Waals surface area (Å²) in [5.41, 5.74) is 0. The van der Waals surface area contributed by atoms with Crippen LogP contribution in [0.1, 0.15) is 0 Å². The van der Waals surface area contributed by atoms with E-state index >= 15 is 0 Å². The average Bonchev–Trinajstić information content (AvgIpc) is 2.54. The van der Waals surface area contributed by atoms with Gasteiger partial charge >= 0.3 is 12.1 Å². The van der Waals surface area contributed by atoms with Crippen LogP contribution >= 0.6 is 0 Å². The highest BCUT2D eigenvalue weighted by atomic mass is 16.5. The van der Waals surface area contributed by atoms with Gasteiger partial charge in [-0.3, -0.25) is 4.90 Å². The molecule has 1 aliphatic heterocycles. The van der Waals surface area contributed by atoms with Gasteiger partial charge in [-0.15, -0.1) is 0 Å². The molecule has 15 heavy (non-hydrogen) atoms. The van der Waals surface area contributed by atoms with E-state index in [9.17, 15) is 14.7 Å². The zero-order valence-corrected chi connectivity index (χ0v) is 8.41. The third kappa shape index (κ3) is 2.02. The minimum absolute atomic E-state index is 0.0488. The molecule has 1 amide bonds. The smallest absolute Gasteiger partial charge is 0.408 e. The maximum Gasteiger partial charge on any atom is 0.408 e. The van der Waals surface area contributed by atoms with E-state index in [1.165, 1.54) is 7.11 Å². The van der Waals surface area contributed by atoms with Crippen molar-refractivity contribution in [2.75, 3.05) is 20.8 Å². The highest BCUT2D eigenvalue weighted by molar-refractivity contribution is 5.82. The summed E-state index contributed by atoms with van der Waals surface area (Å²) in [5.74, 6) is -0.788. The van der Waals surface area contributed by atoms with Crippen molar-refractivity contribution in [2.45, 2.75) is 18.2 Å². The van der Waals surface area contributed by atoms with Gasteiger partial charge in [-0.25, -0.2) is 9.59 Å². The lowest BCUT2D eigenvalue weighted by Gasteiger charge is -2.20. The van der Waals surface area contributed by atoms with Crippen LogP contribution in [-0.2, 0) is 14.3 Å². The predicted molar refractivity (Wildman–Crippen MR) is 47.3 cm³/mol. The van der Waals surface area contributed by atoms with Gasteiger partial charge in [0.2, 0.25) is 0 Å². The largest absolute Gasteiger partial charge is 0.467 e. The van der Waals surface area contributed by atoms with E-state index in [1.54, 1.807) is 0 Å². The van der Waals surface area contributed by atoms with E-state index < -0.39 is 30.3 Å². The molecule has 0 saturated carbocycles. The van der Waals surface area contributed by atoms with Crippen molar-refractivity contribution in [3.63, 3.8) is 0 Å². The first-order valence-electron chi connectivity index (χ1n) is 4.31. The Balaban J connectivity index is 2.88. The summed E-state index contributed by atoms with van der Waals surface area (Å²) in [5, 5.41) is 18.4. The van der Waals surface area contributed by atoms with Crippen LogP contribution in [0.5, 0.6) is 0 Å². The first kappa shape index (κ1) is 11.7. The third-order valence-corrected chi connectivity index (χ3v) is 2.41. The lowest BCUT2D eigenvalue weighted by molar-refractivity contribution is -0.148. The summed E-state index contributed by atoms with van der Waals surface area (Å²) >= 11 is 0. The molecule has 0 radical (unpaired) electrons. The Kier molecular flexibility index (Phi) is 3.48. The number of carbonyl (C=O) groups excluding carboxylic acids is 1. The summed E-state index contributed by atoms with van der Waals surface area (Å²) < 4.78 is 9.28. The molecular formula is C8H13NO6. The van der Waals surface area contributed by atoms with Crippen LogP contribution in [0.25, 0.3) is 0 Å². The molecule has 1 saturated heterocycles. The molecule has 0 aromatic rings. The molecule has 1 fully saturated rings. The SMILES string of the molecule is COC(=O)C1C(O)C(OC)CN1C(=O)O. The zero-order valence-electron chi connectivity index (χ0n) is 8.41. The lowest BCUT2D eigenvalue weighted by Crippen LogP contribution is -2.45. The fraction of sp³-hybridized carbons (Fsp3) is 0.750. The Morgan fingerprint density at radius 1 is 1.40 bits per heavy atom. The molecule has 0 spiro atoms. The number of hydrogen-bond donors (Lipinski definition) is 2. The second kappa shape index (κ2) is 4.45. The van der Waals surface area contributed by atoms with Crippen LogP contribution in [0.2, 0.25) is 0 Å². The molecule has 0 aliphatic carbocycles. The topological polar surface area (TPSA) is 96.3 Å². The first-order chi connectivity index (χ1) is 7.02. The highest BCUT2D eigenvalue weighted by Crippen LogP contribution is 2.21. The van der Waals surface area contributed by atoms with Gasteiger partial charge in [0, 0.05) is 7.11 Å². The van der Waals surface area contributed by atoms with Crippen molar-refractivity contribution in [3.8, 4) is 0 Å². The Hall–Kier alpha value is -1.34. The number of esters is 1. The monoisotopic (exact) mass is 219 g/mol. The fourth-order valence-corrected chi connectivity index (χ4v) is 1.60. The van der Waals surface area contributed by atoms with Crippen molar-refractivity contribution in [1.29, 1.82) is 0 Å². The number of ether oxygens (including phenoxy) is 2. The highest BCUT2D eigenvalue weighted by Gasteiger charge is 2.48. The van der Waals surface area contributed by atoms with Crippen molar-refractivity contribution < 1.29 is 29.3 Å². The number of amides is 1. The molecule has 7 nitrogen and oxygen atoms in total. The van der Waals surface area contributed by atoms with E-state index in [4.69, 9.17) is 9.84 Å². The quantitative estimate of drug-likeness (QED) is 0.572. The molecule has 7 heteroatoms. The number of hydrogen-bond acceptors (Lipinski definition) is 5. The van der Waals surface area contributed by atoms with E-state index in [0.29, 0.717) is 0 Å². The number of carboxylic acid groups (broad SMARTS) is 1. The van der Waals surface area contributed by atoms with Gasteiger partial charge in [0.05, 0.1) is 13.7 Å². The molecular weight excluding hydrogens is 206 g/mol. The summed E-state index contributed by atoms with van der Waals surface area (Å²) in [6, 6.07) is -1.21. The van der Waals surface area contributed by atoms with Crippen molar-refractivity contribution in [3.05, 3.63) is 0 Å². The van der Waals surface area contributed by atoms with Gasteiger partial charge < -0.3 is 19.7 Å². The van der Waals surface area contributed by atoms with Gasteiger partial charge in [-0.2, -0.15) is 0 Å². The van der Waals surface area contributed by atoms with Crippen LogP contribution in [0.3, 0.4) is 0 Å². The molecule has 0 bridgehead atoms. The van der Waals surface area contributed by atoms with Gasteiger partial charge in [0.25, 0.3) is 0 Å². The Morgan fingerprint density at radius 3 is 2.40 bits per heavy atom. The summed E-state index contributed by atoms with van der Waals surface area (Å²) in [6.07, 6.45) is -3.19. The predicted octanol–water partition coefficient (Wildman–Crippen LogP) is -1.10. The maximum absolute atomic E-state index is 11.3. The van der Waals surface area contributed by atoms with E-state index in [1.807, 2.05) is 0 Å². The number of nitrogens with zero attached hydrogens (tertiary/aromatic N) is 1. The third-order valence-electron chi connectivity index (χ3n) is 2.41. The van der Waals surface area contributed by atoms with Crippen LogP contribution in [0, 0.1) is 0 Å². The molecule has 1 rings (SSSR count). The van der Waals surface area contributed by atoms with Gasteiger partial charge in [0.1, 0.15) is 12.2 Å². The molecule has 0 aromatic carbocycles. The molecule has 2 N–H and O–H groups in total. The minimum Gasteiger partial charge on any atom is -0.467 e. The standard InChI is InChI=1S/C8H13NO6/c1-14-4-3-9(8(12)13)5(6(4)10)7(11)15-2/h4-6,10H,3H2,1-2H3,(H,12,13). The number of likely N-dealkylation sites (tertiary alicyclic amines) is 1. The molecule has 1 heterocycles. The van der Waals surface area contributed by atoms with Gasteiger partial charge in [0.15, 0.2) is 6.04 Å². The second-order valence-electron chi connectivity index (χ2n) is 3.17. The molecule has 1 aliphatic rings. The van der Waals surface area contributed by atoms with Crippen LogP contribution in [0.4, 0.5) is 4.79 Å². The summed E-state index contributed by atoms with van der Waals surface area (Å²) in [6.45, 7) is -0.0488. The van der Waals surface area contributed by atoms with Crippen LogP contribution < -0.4 is 0 Å². The molecule has 86 valence electrons. The zero-order chi connectivity index (χ0) is 11.6. The van der Waals surface area contributed by atoms with Crippen molar-refractivity contribution in [1.82, 2.24) is 4.90 Å². The number of carbonyl (C=O) groups is 2. The molecule has 3 unspecified atom stereocenters. The second-order valence-corrected chi connectivity index (χ2v) is 3.17. The maximum atomic E-state index is 11.3. The average molecular weight is 219 g/mol. The van der Waals surface area contributed by atoms with E-state index in [2.05, 4.69) is 4.74 Å². The van der Waals surface area contributed by atoms with Crippen molar-refractivity contribution in [2.24, 2.45) is 0 Å². The number of aliphatic hydroxyl groups is 1. The van der Waals surface area contributed by atoms with Crippen LogP contribution in [-0.4, -0.2) is 66.2 Å². The van der Waals surface area contributed by atoms with Gasteiger partial charge in [-0.05, 0) is 0 Å². The Morgan fingerprint density at radius 2 is 2.00 bits per heavy atom. The molecule has 3 atom stereocenters. The van der Waals surface area contributed by atoms with Crippen molar-refractivity contribution >= 4 is 12.1 Å². The van der Waals surface area contributed by atoms with E-state index in [0.717, 1.165) is 12.0 Å².